The van der Waals surface area contributed by atoms with E-state index in [-0.39, 0.29) is 0 Å². The molecule has 1 saturated carbocycles. The number of ether oxygens (including phenoxy) is 2. The van der Waals surface area contributed by atoms with Crippen LogP contribution in [0.2, 0.25) is 5.15 Å². The number of nitrogens with zero attached hydrogens (tertiary/aromatic N) is 2. The molecule has 2 rings (SSSR count). The molecule has 1 aromatic rings. The largest absolute Gasteiger partial charge is 0.474 e. The Labute approximate surface area is 93.6 Å². The van der Waals surface area contributed by atoms with Crippen LogP contribution < -0.4 is 4.74 Å². The van der Waals surface area contributed by atoms with E-state index in [2.05, 4.69) is 9.97 Å². The Hall–Kier alpha value is -0.870. The summed E-state index contributed by atoms with van der Waals surface area (Å²) in [5.41, 5.74) is 0. The number of halogens is 1. The van der Waals surface area contributed by atoms with Gasteiger partial charge in [0, 0.05) is 13.2 Å². The molecule has 0 radical (unpaired) electrons. The van der Waals surface area contributed by atoms with Gasteiger partial charge >= 0.3 is 0 Å². The van der Waals surface area contributed by atoms with E-state index in [9.17, 15) is 0 Å². The maximum atomic E-state index is 5.84. The highest BCUT2D eigenvalue weighted by atomic mass is 35.5. The molecule has 0 aliphatic heterocycles. The molecule has 0 bridgehead atoms. The Morgan fingerprint density at radius 1 is 1.47 bits per heavy atom. The summed E-state index contributed by atoms with van der Waals surface area (Å²) in [6.45, 7) is 0.349. The fourth-order valence-corrected chi connectivity index (χ4v) is 1.55. The predicted molar refractivity (Wildman–Crippen MR) is 56.0 cm³/mol. The van der Waals surface area contributed by atoms with Gasteiger partial charge in [-0.3, -0.25) is 0 Å². The van der Waals surface area contributed by atoms with Gasteiger partial charge < -0.3 is 9.47 Å². The summed E-state index contributed by atoms with van der Waals surface area (Å²) in [7, 11) is 1.59. The molecule has 4 nitrogen and oxygen atoms in total. The molecular formula is C10H13ClN2O2. The molecule has 0 saturated heterocycles. The topological polar surface area (TPSA) is 44.2 Å². The van der Waals surface area contributed by atoms with Crippen molar-refractivity contribution in [2.45, 2.75) is 32.0 Å². The van der Waals surface area contributed by atoms with E-state index in [4.69, 9.17) is 21.1 Å². The standard InChI is InChI=1S/C10H13ClN2O2/c1-14-6-9-12-8(11)5-10(13-9)15-7-3-2-4-7/h5,7H,2-4,6H2,1H3. The van der Waals surface area contributed by atoms with Gasteiger partial charge in [-0.2, -0.15) is 4.98 Å². The van der Waals surface area contributed by atoms with Crippen molar-refractivity contribution < 1.29 is 9.47 Å². The number of hydrogen-bond donors (Lipinski definition) is 0. The second-order valence-corrected chi connectivity index (χ2v) is 3.94. The lowest BCUT2D eigenvalue weighted by atomic mass is 9.96. The zero-order chi connectivity index (χ0) is 10.7. The quantitative estimate of drug-likeness (QED) is 0.742. The molecule has 15 heavy (non-hydrogen) atoms. The zero-order valence-corrected chi connectivity index (χ0v) is 9.33. The molecule has 1 aromatic heterocycles. The molecule has 1 aliphatic carbocycles. The molecule has 1 aliphatic rings. The third-order valence-electron chi connectivity index (χ3n) is 2.33. The number of hydrogen-bond acceptors (Lipinski definition) is 4. The van der Waals surface area contributed by atoms with Gasteiger partial charge in [-0.25, -0.2) is 4.98 Å². The van der Waals surface area contributed by atoms with E-state index in [0.717, 1.165) is 12.8 Å². The average Bonchev–Trinajstić information content (AvgIpc) is 2.11. The number of rotatable bonds is 4. The second kappa shape index (κ2) is 4.77. The minimum Gasteiger partial charge on any atom is -0.474 e. The smallest absolute Gasteiger partial charge is 0.218 e. The van der Waals surface area contributed by atoms with Crippen LogP contribution in [0.15, 0.2) is 6.07 Å². The Bertz CT molecular complexity index is 342. The predicted octanol–water partition coefficient (Wildman–Crippen LogP) is 2.21. The van der Waals surface area contributed by atoms with E-state index in [0.29, 0.717) is 29.6 Å². The van der Waals surface area contributed by atoms with Crippen LogP contribution in [0.25, 0.3) is 0 Å². The van der Waals surface area contributed by atoms with Crippen LogP contribution >= 0.6 is 11.6 Å². The van der Waals surface area contributed by atoms with E-state index in [1.807, 2.05) is 0 Å². The molecule has 0 aromatic carbocycles. The van der Waals surface area contributed by atoms with E-state index >= 15 is 0 Å². The lowest BCUT2D eigenvalue weighted by Gasteiger charge is -2.25. The van der Waals surface area contributed by atoms with Crippen molar-refractivity contribution in [3.63, 3.8) is 0 Å². The van der Waals surface area contributed by atoms with Gasteiger partial charge in [-0.1, -0.05) is 11.6 Å². The SMILES string of the molecule is COCc1nc(Cl)cc(OC2CCC2)n1. The summed E-state index contributed by atoms with van der Waals surface area (Å²) in [6.07, 6.45) is 3.73. The summed E-state index contributed by atoms with van der Waals surface area (Å²) in [5, 5.41) is 0.395. The minimum atomic E-state index is 0.298. The molecule has 0 atom stereocenters. The average molecular weight is 229 g/mol. The van der Waals surface area contributed by atoms with Crippen LogP contribution in [0.3, 0.4) is 0 Å². The van der Waals surface area contributed by atoms with E-state index in [1.165, 1.54) is 6.42 Å². The monoisotopic (exact) mass is 228 g/mol. The van der Waals surface area contributed by atoms with Crippen molar-refractivity contribution >= 4 is 11.6 Å². The number of aromatic nitrogens is 2. The van der Waals surface area contributed by atoms with Crippen LogP contribution in [-0.4, -0.2) is 23.2 Å². The molecule has 5 heteroatoms. The Morgan fingerprint density at radius 2 is 2.27 bits per heavy atom. The maximum Gasteiger partial charge on any atom is 0.218 e. The summed E-state index contributed by atoms with van der Waals surface area (Å²) in [5.74, 6) is 1.10. The van der Waals surface area contributed by atoms with Gasteiger partial charge in [-0.15, -0.1) is 0 Å². The lowest BCUT2D eigenvalue weighted by molar-refractivity contribution is 0.112. The molecular weight excluding hydrogens is 216 g/mol. The Balaban J connectivity index is 2.07. The minimum absolute atomic E-state index is 0.298. The molecule has 1 heterocycles. The highest BCUT2D eigenvalue weighted by Crippen LogP contribution is 2.25. The Kier molecular flexibility index (Phi) is 3.38. The van der Waals surface area contributed by atoms with Crippen molar-refractivity contribution in [3.05, 3.63) is 17.0 Å². The highest BCUT2D eigenvalue weighted by Gasteiger charge is 2.20. The maximum absolute atomic E-state index is 5.84. The van der Waals surface area contributed by atoms with E-state index in [1.54, 1.807) is 13.2 Å². The molecule has 0 amide bonds. The first kappa shape index (κ1) is 10.6. The third-order valence-corrected chi connectivity index (χ3v) is 2.52. The summed E-state index contributed by atoms with van der Waals surface area (Å²) in [6, 6.07) is 1.64. The van der Waals surface area contributed by atoms with Gasteiger partial charge in [0.2, 0.25) is 5.88 Å². The van der Waals surface area contributed by atoms with Crippen molar-refractivity contribution in [3.8, 4) is 5.88 Å². The summed E-state index contributed by atoms with van der Waals surface area (Å²) in [4.78, 5) is 8.23. The third kappa shape index (κ3) is 2.79. The molecule has 0 unspecified atom stereocenters. The van der Waals surface area contributed by atoms with Crippen molar-refractivity contribution in [1.29, 1.82) is 0 Å². The van der Waals surface area contributed by atoms with Crippen LogP contribution in [-0.2, 0) is 11.3 Å². The van der Waals surface area contributed by atoms with Crippen LogP contribution in [0.5, 0.6) is 5.88 Å². The zero-order valence-electron chi connectivity index (χ0n) is 8.57. The summed E-state index contributed by atoms with van der Waals surface area (Å²) >= 11 is 5.84. The van der Waals surface area contributed by atoms with Gasteiger partial charge in [0.1, 0.15) is 17.9 Å². The molecule has 0 spiro atoms. The van der Waals surface area contributed by atoms with Crippen LogP contribution in [0.4, 0.5) is 0 Å². The normalized spacial score (nSPS) is 16.1. The Morgan fingerprint density at radius 3 is 2.87 bits per heavy atom. The number of methoxy groups -OCH3 is 1. The van der Waals surface area contributed by atoms with Crippen molar-refractivity contribution in [1.82, 2.24) is 9.97 Å². The second-order valence-electron chi connectivity index (χ2n) is 3.55. The lowest BCUT2D eigenvalue weighted by Crippen LogP contribution is -2.25. The fraction of sp³-hybridized carbons (Fsp3) is 0.600. The van der Waals surface area contributed by atoms with Crippen molar-refractivity contribution in [2.75, 3.05) is 7.11 Å². The van der Waals surface area contributed by atoms with Crippen molar-refractivity contribution in [2.24, 2.45) is 0 Å². The van der Waals surface area contributed by atoms with Crippen LogP contribution in [0, 0.1) is 0 Å². The first-order valence-electron chi connectivity index (χ1n) is 4.97. The van der Waals surface area contributed by atoms with Gasteiger partial charge in [-0.05, 0) is 19.3 Å². The molecule has 0 N–H and O–H groups in total. The van der Waals surface area contributed by atoms with E-state index < -0.39 is 0 Å². The summed E-state index contributed by atoms with van der Waals surface area (Å²) < 4.78 is 10.6. The molecule has 82 valence electrons. The van der Waals surface area contributed by atoms with Gasteiger partial charge in [0.25, 0.3) is 0 Å². The molecule has 1 fully saturated rings. The highest BCUT2D eigenvalue weighted by molar-refractivity contribution is 6.29. The van der Waals surface area contributed by atoms with Crippen LogP contribution in [0.1, 0.15) is 25.1 Å². The first-order valence-corrected chi connectivity index (χ1v) is 5.35. The first-order chi connectivity index (χ1) is 7.28. The van der Waals surface area contributed by atoms with Gasteiger partial charge in [0.15, 0.2) is 5.82 Å². The van der Waals surface area contributed by atoms with Gasteiger partial charge in [0.05, 0.1) is 0 Å². The fourth-order valence-electron chi connectivity index (χ4n) is 1.36.